The lowest BCUT2D eigenvalue weighted by atomic mass is 10.2. The van der Waals surface area contributed by atoms with Gasteiger partial charge in [0.15, 0.2) is 0 Å². The summed E-state index contributed by atoms with van der Waals surface area (Å²) in [6, 6.07) is 12.5. The molecule has 1 heterocycles. The minimum absolute atomic E-state index is 0.143. The van der Waals surface area contributed by atoms with Gasteiger partial charge in [0.2, 0.25) is 0 Å². The maximum Gasteiger partial charge on any atom is 0.335 e. The van der Waals surface area contributed by atoms with Gasteiger partial charge in [-0.05, 0) is 18.6 Å². The third-order valence-corrected chi connectivity index (χ3v) is 2.83. The van der Waals surface area contributed by atoms with Crippen LogP contribution in [0.4, 0.5) is 0 Å². The van der Waals surface area contributed by atoms with Gasteiger partial charge >= 0.3 is 5.63 Å². The van der Waals surface area contributed by atoms with Crippen LogP contribution >= 0.6 is 0 Å². The lowest BCUT2D eigenvalue weighted by Crippen LogP contribution is -2.30. The first-order valence-electron chi connectivity index (χ1n) is 6.12. The van der Waals surface area contributed by atoms with Gasteiger partial charge in [-0.25, -0.2) is 4.79 Å². The highest BCUT2D eigenvalue weighted by atomic mass is 16.4. The van der Waals surface area contributed by atoms with Crippen molar-refractivity contribution in [2.45, 2.75) is 13.5 Å². The molecule has 4 heteroatoms. The van der Waals surface area contributed by atoms with Crippen LogP contribution in [0.2, 0.25) is 0 Å². The van der Waals surface area contributed by atoms with E-state index in [-0.39, 0.29) is 5.91 Å². The maximum atomic E-state index is 12.3. The summed E-state index contributed by atoms with van der Waals surface area (Å²) in [4.78, 5) is 24.8. The largest absolute Gasteiger partial charge is 0.430 e. The highest BCUT2D eigenvalue weighted by Crippen LogP contribution is 2.08. The average Bonchev–Trinajstić information content (AvgIpc) is 2.46. The SMILES string of the molecule is CCN(Cc1ccccc1)C(=O)c1ccc(=O)oc1. The Labute approximate surface area is 111 Å². The van der Waals surface area contributed by atoms with E-state index in [9.17, 15) is 9.59 Å². The minimum Gasteiger partial charge on any atom is -0.430 e. The van der Waals surface area contributed by atoms with Gasteiger partial charge in [-0.15, -0.1) is 0 Å². The molecule has 0 aliphatic rings. The van der Waals surface area contributed by atoms with Crippen LogP contribution in [-0.4, -0.2) is 17.4 Å². The Kier molecular flexibility index (Phi) is 4.13. The summed E-state index contributed by atoms with van der Waals surface area (Å²) < 4.78 is 4.72. The second-order valence-corrected chi connectivity index (χ2v) is 4.15. The molecule has 0 aliphatic heterocycles. The summed E-state index contributed by atoms with van der Waals surface area (Å²) >= 11 is 0. The van der Waals surface area contributed by atoms with Gasteiger partial charge in [0.05, 0.1) is 5.56 Å². The maximum absolute atomic E-state index is 12.3. The van der Waals surface area contributed by atoms with Gasteiger partial charge in [-0.1, -0.05) is 30.3 Å². The predicted octanol–water partition coefficient (Wildman–Crippen LogP) is 2.30. The van der Waals surface area contributed by atoms with Crippen LogP contribution in [0.1, 0.15) is 22.8 Å². The summed E-state index contributed by atoms with van der Waals surface area (Å²) in [6.07, 6.45) is 1.21. The van der Waals surface area contributed by atoms with Crippen molar-refractivity contribution >= 4 is 5.91 Å². The zero-order valence-corrected chi connectivity index (χ0v) is 10.7. The zero-order chi connectivity index (χ0) is 13.7. The number of carbonyl (C=O) groups is 1. The molecule has 0 radical (unpaired) electrons. The van der Waals surface area contributed by atoms with Crippen LogP contribution in [0.3, 0.4) is 0 Å². The Hall–Kier alpha value is -2.36. The molecule has 1 aromatic carbocycles. The molecule has 2 aromatic rings. The van der Waals surface area contributed by atoms with Crippen LogP contribution < -0.4 is 5.63 Å². The molecule has 0 saturated heterocycles. The van der Waals surface area contributed by atoms with Crippen LogP contribution in [0.15, 0.2) is 57.9 Å². The fourth-order valence-electron chi connectivity index (χ4n) is 1.79. The molecule has 2 rings (SSSR count). The van der Waals surface area contributed by atoms with Crippen molar-refractivity contribution in [2.75, 3.05) is 6.54 Å². The Morgan fingerprint density at radius 1 is 1.16 bits per heavy atom. The monoisotopic (exact) mass is 257 g/mol. The van der Waals surface area contributed by atoms with E-state index in [1.165, 1.54) is 18.4 Å². The van der Waals surface area contributed by atoms with Gasteiger partial charge in [0, 0.05) is 19.2 Å². The van der Waals surface area contributed by atoms with E-state index in [1.54, 1.807) is 4.90 Å². The number of nitrogens with zero attached hydrogens (tertiary/aromatic N) is 1. The molecule has 0 spiro atoms. The van der Waals surface area contributed by atoms with Crippen molar-refractivity contribution in [3.8, 4) is 0 Å². The minimum atomic E-state index is -0.456. The third kappa shape index (κ3) is 3.31. The smallest absolute Gasteiger partial charge is 0.335 e. The van der Waals surface area contributed by atoms with E-state index in [0.29, 0.717) is 18.7 Å². The first kappa shape index (κ1) is 13.1. The Morgan fingerprint density at radius 2 is 1.89 bits per heavy atom. The van der Waals surface area contributed by atoms with Gasteiger partial charge in [-0.3, -0.25) is 4.79 Å². The standard InChI is InChI=1S/C15H15NO3/c1-2-16(10-12-6-4-3-5-7-12)15(18)13-8-9-14(17)19-11-13/h3-9,11H,2,10H2,1H3. The highest BCUT2D eigenvalue weighted by Gasteiger charge is 2.15. The predicted molar refractivity (Wildman–Crippen MR) is 71.8 cm³/mol. The molecule has 0 aliphatic carbocycles. The first-order valence-corrected chi connectivity index (χ1v) is 6.12. The normalized spacial score (nSPS) is 10.2. The second-order valence-electron chi connectivity index (χ2n) is 4.15. The number of amides is 1. The summed E-state index contributed by atoms with van der Waals surface area (Å²) in [7, 11) is 0. The molecule has 0 saturated carbocycles. The van der Waals surface area contributed by atoms with Crippen LogP contribution in [0, 0.1) is 0 Å². The Morgan fingerprint density at radius 3 is 2.47 bits per heavy atom. The van der Waals surface area contributed by atoms with Crippen molar-refractivity contribution in [1.29, 1.82) is 0 Å². The molecule has 1 amide bonds. The molecule has 4 nitrogen and oxygen atoms in total. The molecule has 0 N–H and O–H groups in total. The Balaban J connectivity index is 2.15. The molecule has 0 fully saturated rings. The van der Waals surface area contributed by atoms with Crippen molar-refractivity contribution in [3.63, 3.8) is 0 Å². The van der Waals surface area contributed by atoms with E-state index in [4.69, 9.17) is 4.42 Å². The van der Waals surface area contributed by atoms with E-state index in [1.807, 2.05) is 37.3 Å². The van der Waals surface area contributed by atoms with Gasteiger partial charge in [0.25, 0.3) is 5.91 Å². The topological polar surface area (TPSA) is 50.5 Å². The first-order chi connectivity index (χ1) is 9.20. The summed E-state index contributed by atoms with van der Waals surface area (Å²) in [5.41, 5.74) is 0.995. The molecule has 19 heavy (non-hydrogen) atoms. The molecular weight excluding hydrogens is 242 g/mol. The fraction of sp³-hybridized carbons (Fsp3) is 0.200. The number of carbonyl (C=O) groups excluding carboxylic acids is 1. The second kappa shape index (κ2) is 6.00. The fourth-order valence-corrected chi connectivity index (χ4v) is 1.79. The van der Waals surface area contributed by atoms with Crippen LogP contribution in [0.5, 0.6) is 0 Å². The summed E-state index contributed by atoms with van der Waals surface area (Å²) in [6.45, 7) is 3.04. The summed E-state index contributed by atoms with van der Waals surface area (Å²) in [5, 5.41) is 0. The van der Waals surface area contributed by atoms with Crippen molar-refractivity contribution < 1.29 is 9.21 Å². The quantitative estimate of drug-likeness (QED) is 0.844. The van der Waals surface area contributed by atoms with Gasteiger partial charge < -0.3 is 9.32 Å². The van der Waals surface area contributed by atoms with E-state index >= 15 is 0 Å². The number of benzene rings is 1. The molecule has 1 aromatic heterocycles. The third-order valence-electron chi connectivity index (χ3n) is 2.83. The molecular formula is C15H15NO3. The van der Waals surface area contributed by atoms with E-state index in [2.05, 4.69) is 0 Å². The van der Waals surface area contributed by atoms with Crippen molar-refractivity contribution in [2.24, 2.45) is 0 Å². The lowest BCUT2D eigenvalue weighted by molar-refractivity contribution is 0.0750. The zero-order valence-electron chi connectivity index (χ0n) is 10.7. The van der Waals surface area contributed by atoms with E-state index < -0.39 is 5.63 Å². The molecule has 0 atom stereocenters. The van der Waals surface area contributed by atoms with Crippen LogP contribution in [0.25, 0.3) is 0 Å². The van der Waals surface area contributed by atoms with E-state index in [0.717, 1.165) is 5.56 Å². The molecule has 0 unspecified atom stereocenters. The van der Waals surface area contributed by atoms with Crippen molar-refractivity contribution in [3.05, 3.63) is 70.3 Å². The van der Waals surface area contributed by atoms with Crippen molar-refractivity contribution in [1.82, 2.24) is 4.90 Å². The molecule has 0 bridgehead atoms. The van der Waals surface area contributed by atoms with Crippen LogP contribution in [-0.2, 0) is 6.54 Å². The Bertz CT molecular complexity index is 584. The van der Waals surface area contributed by atoms with Gasteiger partial charge in [0.1, 0.15) is 6.26 Å². The summed E-state index contributed by atoms with van der Waals surface area (Å²) in [5.74, 6) is -0.143. The number of rotatable bonds is 4. The number of hydrogen-bond acceptors (Lipinski definition) is 3. The average molecular weight is 257 g/mol. The number of hydrogen-bond donors (Lipinski definition) is 0. The van der Waals surface area contributed by atoms with Gasteiger partial charge in [-0.2, -0.15) is 0 Å². The lowest BCUT2D eigenvalue weighted by Gasteiger charge is -2.20. The molecule has 98 valence electrons. The highest BCUT2D eigenvalue weighted by molar-refractivity contribution is 5.93.